The minimum Gasteiger partial charge on any atom is -0.312 e. The first-order valence-corrected chi connectivity index (χ1v) is 20.8. The number of rotatable bonds is 1. The lowest BCUT2D eigenvalue weighted by Crippen LogP contribution is -2.40. The highest BCUT2D eigenvalue weighted by molar-refractivity contribution is 5.88. The van der Waals surface area contributed by atoms with E-state index in [0.29, 0.717) is 5.92 Å². The van der Waals surface area contributed by atoms with Crippen molar-refractivity contribution in [3.05, 3.63) is 219 Å². The van der Waals surface area contributed by atoms with E-state index in [1.165, 1.54) is 77.5 Å². The van der Waals surface area contributed by atoms with Gasteiger partial charge in [0, 0.05) is 5.41 Å². The molecule has 2 heteroatoms. The van der Waals surface area contributed by atoms with Crippen LogP contribution in [-0.4, -0.2) is 0 Å². The third-order valence-electron chi connectivity index (χ3n) is 12.2. The van der Waals surface area contributed by atoms with Gasteiger partial charge in [0.2, 0.25) is 0 Å². The topological polar surface area (TPSA) is 52.0 Å². The number of fused-ring (bicyclic) bond motifs is 11. The zero-order valence-corrected chi connectivity index (χ0v) is 34.8. The number of hydrogen-bond donors (Lipinski definition) is 2. The summed E-state index contributed by atoms with van der Waals surface area (Å²) in [7, 11) is 0. The van der Waals surface area contributed by atoms with E-state index < -0.39 is 0 Å². The van der Waals surface area contributed by atoms with Crippen molar-refractivity contribution in [1.82, 2.24) is 0 Å². The van der Waals surface area contributed by atoms with Crippen molar-refractivity contribution in [2.24, 2.45) is 17.4 Å². The van der Waals surface area contributed by atoms with Crippen molar-refractivity contribution in [1.29, 1.82) is 0 Å². The zero-order valence-electron chi connectivity index (χ0n) is 34.8. The second-order valence-corrected chi connectivity index (χ2v) is 16.3. The van der Waals surface area contributed by atoms with Gasteiger partial charge >= 0.3 is 0 Å². The van der Waals surface area contributed by atoms with Crippen LogP contribution in [0, 0.1) is 19.8 Å². The third kappa shape index (κ3) is 7.07. The summed E-state index contributed by atoms with van der Waals surface area (Å²) in [5, 5.41) is 2.68. The van der Waals surface area contributed by atoms with E-state index in [1.54, 1.807) is 0 Å². The second kappa shape index (κ2) is 16.5. The number of aryl methyl sites for hydroxylation is 2. The molecule has 0 amide bonds. The first kappa shape index (κ1) is 39.7. The summed E-state index contributed by atoms with van der Waals surface area (Å²) in [5.41, 5.74) is 28.9. The highest BCUT2D eigenvalue weighted by Crippen LogP contribution is 2.62. The summed E-state index contributed by atoms with van der Waals surface area (Å²) in [6.45, 7) is 15.4. The molecule has 7 aromatic carbocycles. The van der Waals surface area contributed by atoms with Gasteiger partial charge in [-0.15, -0.1) is 0 Å². The molecule has 0 aromatic heterocycles. The van der Waals surface area contributed by atoms with Crippen LogP contribution in [0.3, 0.4) is 0 Å². The number of benzene rings is 7. The number of allylic oxidation sites excluding steroid dienone is 1. The summed E-state index contributed by atoms with van der Waals surface area (Å²) in [4.78, 5) is 0. The molecule has 57 heavy (non-hydrogen) atoms. The number of hydrogen-bond acceptors (Lipinski definition) is 2. The minimum absolute atomic E-state index is 0.0278. The van der Waals surface area contributed by atoms with Crippen LogP contribution in [0.2, 0.25) is 0 Å². The highest BCUT2D eigenvalue weighted by Gasteiger charge is 2.53. The largest absolute Gasteiger partial charge is 0.312 e. The third-order valence-corrected chi connectivity index (χ3v) is 12.2. The lowest BCUT2D eigenvalue weighted by atomic mass is 9.55. The van der Waals surface area contributed by atoms with Gasteiger partial charge in [-0.05, 0) is 110 Å². The van der Waals surface area contributed by atoms with E-state index >= 15 is 0 Å². The first-order valence-electron chi connectivity index (χ1n) is 20.8. The Kier molecular flexibility index (Phi) is 11.5. The van der Waals surface area contributed by atoms with Crippen molar-refractivity contribution in [2.75, 3.05) is 0 Å². The van der Waals surface area contributed by atoms with Crippen molar-refractivity contribution in [3.8, 4) is 11.1 Å². The van der Waals surface area contributed by atoms with Gasteiger partial charge in [-0.25, -0.2) is 0 Å². The van der Waals surface area contributed by atoms with Gasteiger partial charge in [-0.2, -0.15) is 0 Å². The fourth-order valence-corrected chi connectivity index (χ4v) is 9.54. The molecule has 4 N–H and O–H groups in total. The Hall–Kier alpha value is -5.54. The molecule has 0 radical (unpaired) electrons. The van der Waals surface area contributed by atoms with Gasteiger partial charge < -0.3 is 11.5 Å². The molecule has 0 saturated carbocycles. The van der Waals surface area contributed by atoms with E-state index in [-0.39, 0.29) is 17.0 Å². The molecule has 0 aliphatic heterocycles. The van der Waals surface area contributed by atoms with Crippen LogP contribution in [0.4, 0.5) is 0 Å². The van der Waals surface area contributed by atoms with Gasteiger partial charge in [0.1, 0.15) is 0 Å². The molecule has 1 unspecified atom stereocenters. The Balaban J connectivity index is 0.000000148. The average molecular weight is 747 g/mol. The molecule has 288 valence electrons. The predicted octanol–water partition coefficient (Wildman–Crippen LogP) is 13.4. The van der Waals surface area contributed by atoms with Crippen LogP contribution < -0.4 is 11.5 Å². The maximum Gasteiger partial charge on any atom is 0.0790 e. The molecule has 0 bridgehead atoms. The number of nitrogens with two attached hydrogens (primary N) is 2. The maximum atomic E-state index is 5.77. The first-order chi connectivity index (χ1) is 27.6. The van der Waals surface area contributed by atoms with Crippen LogP contribution in [0.15, 0.2) is 158 Å². The molecular weight excluding hydrogens is 689 g/mol. The van der Waals surface area contributed by atoms with E-state index in [9.17, 15) is 0 Å². The quantitative estimate of drug-likeness (QED) is 0.164. The van der Waals surface area contributed by atoms with E-state index in [2.05, 4.69) is 186 Å². The van der Waals surface area contributed by atoms with Crippen LogP contribution >= 0.6 is 0 Å². The van der Waals surface area contributed by atoms with Crippen LogP contribution in [0.25, 0.3) is 28.0 Å². The highest BCUT2D eigenvalue weighted by atomic mass is 14.8. The van der Waals surface area contributed by atoms with E-state index in [0.717, 1.165) is 18.4 Å². The fourth-order valence-electron chi connectivity index (χ4n) is 9.54. The predicted molar refractivity (Wildman–Crippen MR) is 245 cm³/mol. The van der Waals surface area contributed by atoms with Crippen molar-refractivity contribution >= 4 is 16.8 Å². The molecule has 10 rings (SSSR count). The SMILES string of the molecule is CC.CC1CC=Cc2c(cccc2C(N)N)C1.Cc1ccc2c(c1)C1(c3ccccc3-2)c2ccccc2C(C)(C)c2ccccc21.Cc1cccc2ccccc12. The Morgan fingerprint density at radius 1 is 0.579 bits per heavy atom. The van der Waals surface area contributed by atoms with Gasteiger partial charge in [-0.1, -0.05) is 204 Å². The van der Waals surface area contributed by atoms with E-state index in [4.69, 9.17) is 11.5 Å². The van der Waals surface area contributed by atoms with Gasteiger partial charge in [0.15, 0.2) is 0 Å². The summed E-state index contributed by atoms with van der Waals surface area (Å²) in [6, 6.07) is 55.3. The lowest BCUT2D eigenvalue weighted by Gasteiger charge is -2.46. The van der Waals surface area contributed by atoms with Crippen LogP contribution in [-0.2, 0) is 17.3 Å². The van der Waals surface area contributed by atoms with Crippen molar-refractivity contribution in [3.63, 3.8) is 0 Å². The van der Waals surface area contributed by atoms with E-state index in [1.807, 2.05) is 26.0 Å². The maximum absolute atomic E-state index is 5.77. The van der Waals surface area contributed by atoms with Crippen LogP contribution in [0.1, 0.15) is 108 Å². The molecule has 1 atom stereocenters. The summed E-state index contributed by atoms with van der Waals surface area (Å²) in [6.07, 6.45) is 6.26. The minimum atomic E-state index is -0.377. The molecule has 0 saturated heterocycles. The fraction of sp³-hybridized carbons (Fsp3) is 0.236. The summed E-state index contributed by atoms with van der Waals surface area (Å²) in [5.74, 6) is 0.701. The van der Waals surface area contributed by atoms with Gasteiger partial charge in [0.05, 0.1) is 11.6 Å². The van der Waals surface area contributed by atoms with Gasteiger partial charge in [0.25, 0.3) is 0 Å². The van der Waals surface area contributed by atoms with Crippen molar-refractivity contribution in [2.45, 2.75) is 78.3 Å². The smallest absolute Gasteiger partial charge is 0.0790 e. The Morgan fingerprint density at radius 3 is 1.81 bits per heavy atom. The molecule has 3 aliphatic rings. The standard InChI is InChI=1S/C29H24.C13H18N2.C11H10.C2H6/c1-19-16-17-21-20-10-4-5-11-22(20)29(27(21)18-19)25-14-8-6-12-23(25)28(2,3)24-13-7-9-15-26(24)29;1-9-4-2-6-11-10(8-9)5-3-7-12(11)13(14)15;1-9-5-4-7-10-6-2-3-8-11(9)10;1-2/h4-18H,1-3H3;2-3,5-7,9,13H,4,8,14-15H2,1H3;2-8H,1H3;1-2H3. The van der Waals surface area contributed by atoms with Crippen LogP contribution in [0.5, 0.6) is 0 Å². The van der Waals surface area contributed by atoms with Gasteiger partial charge in [-0.3, -0.25) is 0 Å². The molecule has 1 spiro atoms. The molecule has 7 aromatic rings. The molecular formula is C55H58N2. The Morgan fingerprint density at radius 2 is 1.14 bits per heavy atom. The second-order valence-electron chi connectivity index (χ2n) is 16.3. The molecule has 2 nitrogen and oxygen atoms in total. The summed E-state index contributed by atoms with van der Waals surface area (Å²) >= 11 is 0. The average Bonchev–Trinajstić information content (AvgIpc) is 3.36. The summed E-state index contributed by atoms with van der Waals surface area (Å²) < 4.78 is 0. The Bertz CT molecular complexity index is 2500. The normalized spacial score (nSPS) is 15.9. The Labute approximate surface area is 341 Å². The lowest BCUT2D eigenvalue weighted by molar-refractivity contribution is 0.563. The zero-order chi connectivity index (χ0) is 40.3. The van der Waals surface area contributed by atoms with Crippen molar-refractivity contribution < 1.29 is 0 Å². The monoisotopic (exact) mass is 746 g/mol. The molecule has 3 aliphatic carbocycles. The molecule has 0 fully saturated rings. The molecule has 0 heterocycles.